The summed E-state index contributed by atoms with van der Waals surface area (Å²) in [5.74, 6) is 0.942. The average Bonchev–Trinajstić information content (AvgIpc) is 2.40. The minimum atomic E-state index is 0.156. The maximum atomic E-state index is 6.30. The average molecular weight is 246 g/mol. The number of rotatable bonds is 4. The van der Waals surface area contributed by atoms with Crippen molar-refractivity contribution in [2.45, 2.75) is 39.2 Å². The van der Waals surface area contributed by atoms with Crippen molar-refractivity contribution in [1.29, 1.82) is 0 Å². The molecule has 1 aliphatic rings. The van der Waals surface area contributed by atoms with E-state index in [2.05, 4.69) is 43.0 Å². The van der Waals surface area contributed by atoms with Crippen LogP contribution in [0.3, 0.4) is 0 Å². The SMILES string of the molecule is CCC1CCN(CC(N)c2ccc(C)cc2)CC1. The highest BCUT2D eigenvalue weighted by molar-refractivity contribution is 5.24. The second kappa shape index (κ2) is 6.35. The summed E-state index contributed by atoms with van der Waals surface area (Å²) in [4.78, 5) is 2.52. The number of hydrogen-bond acceptors (Lipinski definition) is 2. The van der Waals surface area contributed by atoms with Crippen LogP contribution in [0.1, 0.15) is 43.4 Å². The van der Waals surface area contributed by atoms with E-state index in [0.29, 0.717) is 0 Å². The van der Waals surface area contributed by atoms with Crippen LogP contribution < -0.4 is 5.73 Å². The number of aryl methyl sites for hydroxylation is 1. The second-order valence-electron chi connectivity index (χ2n) is 5.67. The molecule has 0 radical (unpaired) electrons. The molecule has 1 unspecified atom stereocenters. The lowest BCUT2D eigenvalue weighted by Crippen LogP contribution is -2.38. The zero-order valence-electron chi connectivity index (χ0n) is 11.7. The van der Waals surface area contributed by atoms with E-state index >= 15 is 0 Å². The summed E-state index contributed by atoms with van der Waals surface area (Å²) >= 11 is 0. The van der Waals surface area contributed by atoms with Gasteiger partial charge in [-0.15, -0.1) is 0 Å². The Balaban J connectivity index is 1.84. The quantitative estimate of drug-likeness (QED) is 0.884. The molecular weight excluding hydrogens is 220 g/mol. The Labute approximate surface area is 111 Å². The highest BCUT2D eigenvalue weighted by atomic mass is 15.1. The Bertz CT molecular complexity index is 350. The molecule has 2 nitrogen and oxygen atoms in total. The molecule has 0 aromatic heterocycles. The van der Waals surface area contributed by atoms with Crippen LogP contribution in [0.2, 0.25) is 0 Å². The second-order valence-corrected chi connectivity index (χ2v) is 5.67. The first-order valence-corrected chi connectivity index (χ1v) is 7.23. The van der Waals surface area contributed by atoms with Gasteiger partial charge in [-0.05, 0) is 44.3 Å². The third-order valence-electron chi connectivity index (χ3n) is 4.24. The number of hydrogen-bond donors (Lipinski definition) is 1. The smallest absolute Gasteiger partial charge is 0.0424 e. The zero-order chi connectivity index (χ0) is 13.0. The monoisotopic (exact) mass is 246 g/mol. The van der Waals surface area contributed by atoms with Crippen molar-refractivity contribution in [2.75, 3.05) is 19.6 Å². The first kappa shape index (κ1) is 13.6. The summed E-state index contributed by atoms with van der Waals surface area (Å²) < 4.78 is 0. The van der Waals surface area contributed by atoms with Crippen molar-refractivity contribution in [3.8, 4) is 0 Å². The molecule has 100 valence electrons. The lowest BCUT2D eigenvalue weighted by molar-refractivity contribution is 0.173. The van der Waals surface area contributed by atoms with Crippen molar-refractivity contribution in [3.63, 3.8) is 0 Å². The van der Waals surface area contributed by atoms with Crippen molar-refractivity contribution < 1.29 is 0 Å². The van der Waals surface area contributed by atoms with E-state index in [1.807, 2.05) is 0 Å². The lowest BCUT2D eigenvalue weighted by Gasteiger charge is -2.33. The van der Waals surface area contributed by atoms with Crippen LogP contribution in [-0.2, 0) is 0 Å². The minimum absolute atomic E-state index is 0.156. The molecule has 0 spiro atoms. The third-order valence-corrected chi connectivity index (χ3v) is 4.24. The number of piperidine rings is 1. The van der Waals surface area contributed by atoms with Crippen LogP contribution in [0.25, 0.3) is 0 Å². The summed E-state index contributed by atoms with van der Waals surface area (Å²) in [5.41, 5.74) is 8.86. The number of likely N-dealkylation sites (tertiary alicyclic amines) is 1. The number of nitrogens with zero attached hydrogens (tertiary/aromatic N) is 1. The maximum Gasteiger partial charge on any atom is 0.0424 e. The molecule has 2 rings (SSSR count). The van der Waals surface area contributed by atoms with Gasteiger partial charge in [0.25, 0.3) is 0 Å². The van der Waals surface area contributed by atoms with Gasteiger partial charge in [0.05, 0.1) is 0 Å². The topological polar surface area (TPSA) is 29.3 Å². The Morgan fingerprint density at radius 2 is 1.83 bits per heavy atom. The van der Waals surface area contributed by atoms with Crippen LogP contribution in [0.4, 0.5) is 0 Å². The fourth-order valence-electron chi connectivity index (χ4n) is 2.77. The van der Waals surface area contributed by atoms with Crippen molar-refractivity contribution >= 4 is 0 Å². The highest BCUT2D eigenvalue weighted by Crippen LogP contribution is 2.21. The molecule has 1 aromatic carbocycles. The first-order chi connectivity index (χ1) is 8.69. The molecule has 0 aliphatic carbocycles. The Kier molecular flexibility index (Phi) is 4.79. The van der Waals surface area contributed by atoms with Gasteiger partial charge in [0.15, 0.2) is 0 Å². The van der Waals surface area contributed by atoms with E-state index in [4.69, 9.17) is 5.73 Å². The Hall–Kier alpha value is -0.860. The minimum Gasteiger partial charge on any atom is -0.323 e. The molecule has 1 atom stereocenters. The number of benzene rings is 1. The van der Waals surface area contributed by atoms with Gasteiger partial charge < -0.3 is 10.6 Å². The van der Waals surface area contributed by atoms with Crippen molar-refractivity contribution in [1.82, 2.24) is 4.90 Å². The van der Waals surface area contributed by atoms with E-state index in [0.717, 1.165) is 12.5 Å². The molecular formula is C16H26N2. The summed E-state index contributed by atoms with van der Waals surface area (Å²) in [5, 5.41) is 0. The molecule has 1 saturated heterocycles. The predicted octanol–water partition coefficient (Wildman–Crippen LogP) is 3.12. The molecule has 0 saturated carbocycles. The van der Waals surface area contributed by atoms with Crippen LogP contribution in [0, 0.1) is 12.8 Å². The molecule has 2 N–H and O–H groups in total. The predicted molar refractivity (Wildman–Crippen MR) is 77.6 cm³/mol. The van der Waals surface area contributed by atoms with E-state index in [-0.39, 0.29) is 6.04 Å². The molecule has 1 aromatic rings. The van der Waals surface area contributed by atoms with E-state index in [9.17, 15) is 0 Å². The van der Waals surface area contributed by atoms with Gasteiger partial charge in [0.1, 0.15) is 0 Å². The van der Waals surface area contributed by atoms with Gasteiger partial charge in [-0.3, -0.25) is 0 Å². The largest absolute Gasteiger partial charge is 0.323 e. The van der Waals surface area contributed by atoms with Gasteiger partial charge in [0, 0.05) is 12.6 Å². The Morgan fingerprint density at radius 1 is 1.22 bits per heavy atom. The highest BCUT2D eigenvalue weighted by Gasteiger charge is 2.19. The third kappa shape index (κ3) is 3.56. The first-order valence-electron chi connectivity index (χ1n) is 7.23. The summed E-state index contributed by atoms with van der Waals surface area (Å²) in [6.07, 6.45) is 4.02. The standard InChI is InChI=1S/C16H26N2/c1-3-14-8-10-18(11-9-14)12-16(17)15-6-4-13(2)5-7-15/h4-7,14,16H,3,8-12,17H2,1-2H3. The molecule has 0 bridgehead atoms. The van der Waals surface area contributed by atoms with Crippen LogP contribution in [0.15, 0.2) is 24.3 Å². The maximum absolute atomic E-state index is 6.30. The van der Waals surface area contributed by atoms with E-state index < -0.39 is 0 Å². The van der Waals surface area contributed by atoms with E-state index in [1.54, 1.807) is 0 Å². The van der Waals surface area contributed by atoms with Crippen molar-refractivity contribution in [2.24, 2.45) is 11.7 Å². The summed E-state index contributed by atoms with van der Waals surface area (Å²) in [6, 6.07) is 8.79. The van der Waals surface area contributed by atoms with Gasteiger partial charge in [0.2, 0.25) is 0 Å². The molecule has 1 heterocycles. The molecule has 2 heteroatoms. The Morgan fingerprint density at radius 3 is 2.39 bits per heavy atom. The summed E-state index contributed by atoms with van der Waals surface area (Å²) in [6.45, 7) is 7.86. The molecule has 0 amide bonds. The van der Waals surface area contributed by atoms with Crippen LogP contribution in [-0.4, -0.2) is 24.5 Å². The zero-order valence-corrected chi connectivity index (χ0v) is 11.7. The fraction of sp³-hybridized carbons (Fsp3) is 0.625. The van der Waals surface area contributed by atoms with Gasteiger partial charge in [-0.2, -0.15) is 0 Å². The molecule has 1 fully saturated rings. The number of nitrogens with two attached hydrogens (primary N) is 1. The van der Waals surface area contributed by atoms with Gasteiger partial charge in [-0.1, -0.05) is 43.2 Å². The molecule has 18 heavy (non-hydrogen) atoms. The van der Waals surface area contributed by atoms with Gasteiger partial charge >= 0.3 is 0 Å². The normalized spacial score (nSPS) is 19.9. The van der Waals surface area contributed by atoms with E-state index in [1.165, 1.54) is 43.5 Å². The van der Waals surface area contributed by atoms with Gasteiger partial charge in [-0.25, -0.2) is 0 Å². The van der Waals surface area contributed by atoms with Crippen LogP contribution >= 0.6 is 0 Å². The lowest BCUT2D eigenvalue weighted by atomic mass is 9.94. The van der Waals surface area contributed by atoms with Crippen molar-refractivity contribution in [3.05, 3.63) is 35.4 Å². The summed E-state index contributed by atoms with van der Waals surface area (Å²) in [7, 11) is 0. The molecule has 1 aliphatic heterocycles. The van der Waals surface area contributed by atoms with Crippen LogP contribution in [0.5, 0.6) is 0 Å². The fourth-order valence-corrected chi connectivity index (χ4v) is 2.77.